The Morgan fingerprint density at radius 2 is 1.55 bits per heavy atom. The summed E-state index contributed by atoms with van der Waals surface area (Å²) < 4.78 is 5.11. The molecule has 1 rings (SSSR count). The zero-order valence-electron chi connectivity index (χ0n) is 17.4. The Morgan fingerprint density at radius 3 is 2.14 bits per heavy atom. The number of carbonyl (C=O) groups is 1. The molecule has 172 valence electrons. The van der Waals surface area contributed by atoms with Gasteiger partial charge in [0.05, 0.1) is 19.1 Å². The first kappa shape index (κ1) is 26.2. The van der Waals surface area contributed by atoms with E-state index in [4.69, 9.17) is 14.7 Å². The second-order valence-electron chi connectivity index (χ2n) is 7.82. The van der Waals surface area contributed by atoms with Gasteiger partial charge in [-0.3, -0.25) is 4.79 Å². The maximum atomic E-state index is 11.9. The lowest BCUT2D eigenvalue weighted by Crippen LogP contribution is -2.60. The molecule has 6 N–H and O–H groups in total. The van der Waals surface area contributed by atoms with Crippen LogP contribution in [0.1, 0.15) is 77.6 Å². The van der Waals surface area contributed by atoms with Gasteiger partial charge in [-0.25, -0.2) is 10.3 Å². The van der Waals surface area contributed by atoms with Crippen LogP contribution in [0, 0.1) is 0 Å². The van der Waals surface area contributed by atoms with Gasteiger partial charge in [0, 0.05) is 0 Å². The quantitative estimate of drug-likeness (QED) is 0.165. The van der Waals surface area contributed by atoms with E-state index in [0.29, 0.717) is 6.42 Å². The summed E-state index contributed by atoms with van der Waals surface area (Å²) in [5.74, 6) is -0.592. The van der Waals surface area contributed by atoms with E-state index in [1.165, 1.54) is 38.5 Å². The lowest BCUT2D eigenvalue weighted by molar-refractivity contribution is -0.313. The summed E-state index contributed by atoms with van der Waals surface area (Å²) in [4.78, 5) is 16.8. The van der Waals surface area contributed by atoms with Crippen molar-refractivity contribution in [1.82, 2.24) is 5.48 Å². The fourth-order valence-corrected chi connectivity index (χ4v) is 3.34. The fraction of sp³-hybridized carbons (Fsp3) is 0.950. The van der Waals surface area contributed by atoms with Gasteiger partial charge in [-0.05, 0) is 6.42 Å². The van der Waals surface area contributed by atoms with Crippen LogP contribution in [-0.4, -0.2) is 74.9 Å². The Bertz CT molecular complexity index is 437. The highest BCUT2D eigenvalue weighted by atomic mass is 16.8. The largest absolute Gasteiger partial charge is 0.394 e. The van der Waals surface area contributed by atoms with Crippen LogP contribution in [0.3, 0.4) is 0 Å². The third-order valence-electron chi connectivity index (χ3n) is 5.20. The molecule has 0 saturated carbocycles. The highest BCUT2D eigenvalue weighted by Gasteiger charge is 2.44. The van der Waals surface area contributed by atoms with Crippen molar-refractivity contribution in [2.45, 2.75) is 114 Å². The summed E-state index contributed by atoms with van der Waals surface area (Å²) in [6.45, 7) is 1.61. The van der Waals surface area contributed by atoms with E-state index in [1.807, 2.05) is 0 Å². The Kier molecular flexibility index (Phi) is 13.6. The van der Waals surface area contributed by atoms with Crippen molar-refractivity contribution in [2.75, 3.05) is 6.61 Å². The van der Waals surface area contributed by atoms with Gasteiger partial charge in [0.2, 0.25) is 12.2 Å². The molecule has 6 atom stereocenters. The Labute approximate surface area is 173 Å². The number of hydrogen-bond donors (Lipinski definition) is 6. The molecule has 1 unspecified atom stereocenters. The van der Waals surface area contributed by atoms with Crippen LogP contribution in [0.15, 0.2) is 0 Å². The average Bonchev–Trinajstić information content (AvgIpc) is 2.70. The molecule has 1 saturated heterocycles. The first-order valence-corrected chi connectivity index (χ1v) is 10.8. The summed E-state index contributed by atoms with van der Waals surface area (Å²) >= 11 is 0. The molecule has 29 heavy (non-hydrogen) atoms. The van der Waals surface area contributed by atoms with Crippen LogP contribution in [-0.2, 0) is 14.4 Å². The molecule has 0 aliphatic carbocycles. The first-order valence-electron chi connectivity index (χ1n) is 10.8. The smallest absolute Gasteiger partial charge is 0.246 e. The van der Waals surface area contributed by atoms with Gasteiger partial charge in [0.15, 0.2) is 0 Å². The van der Waals surface area contributed by atoms with E-state index in [9.17, 15) is 25.2 Å². The molecule has 1 amide bonds. The molecule has 1 aliphatic rings. The highest BCUT2D eigenvalue weighted by molar-refractivity contribution is 5.75. The first-order chi connectivity index (χ1) is 13.9. The molecule has 1 fully saturated rings. The Hall–Kier alpha value is -0.810. The topological polar surface area (TPSA) is 149 Å². The summed E-state index contributed by atoms with van der Waals surface area (Å²) in [7, 11) is 0. The predicted octanol–water partition coefficient (Wildman–Crippen LogP) is 0.506. The van der Waals surface area contributed by atoms with Crippen LogP contribution in [0.2, 0.25) is 0 Å². The summed E-state index contributed by atoms with van der Waals surface area (Å²) in [6, 6.07) is 0. The molecule has 0 aromatic heterocycles. The number of carbonyl (C=O) groups excluding carboxylic acids is 1. The molecule has 1 heterocycles. The van der Waals surface area contributed by atoms with E-state index in [0.717, 1.165) is 19.3 Å². The third kappa shape index (κ3) is 10.2. The molecule has 9 heteroatoms. The van der Waals surface area contributed by atoms with Gasteiger partial charge in [-0.2, -0.15) is 0 Å². The molecule has 0 aromatic rings. The van der Waals surface area contributed by atoms with Crippen LogP contribution in [0.25, 0.3) is 0 Å². The van der Waals surface area contributed by atoms with Gasteiger partial charge in [-0.15, -0.1) is 0 Å². The van der Waals surface area contributed by atoms with E-state index in [1.54, 1.807) is 0 Å². The van der Waals surface area contributed by atoms with Crippen molar-refractivity contribution < 1.29 is 39.9 Å². The van der Waals surface area contributed by atoms with Crippen molar-refractivity contribution >= 4 is 5.91 Å². The standard InChI is InChI=1S/C20H39NO8/c1-2-3-4-5-6-7-8-9-10-11-14(23)12-16(24)21-29-20-19(27)18(26)17(25)15(13-22)28-20/h14-15,17-20,22-23,25-27H,2-13H2,1H3,(H,21,24)/t14?,15-,17-,18+,19-,20-/m1/s1. The van der Waals surface area contributed by atoms with Crippen molar-refractivity contribution in [3.8, 4) is 0 Å². The van der Waals surface area contributed by atoms with Crippen LogP contribution in [0.4, 0.5) is 0 Å². The van der Waals surface area contributed by atoms with E-state index >= 15 is 0 Å². The third-order valence-corrected chi connectivity index (χ3v) is 5.20. The number of unbranched alkanes of at least 4 members (excludes halogenated alkanes) is 8. The lowest BCUT2D eigenvalue weighted by atomic mass is 9.99. The molecule has 1 aliphatic heterocycles. The number of hydroxylamine groups is 1. The predicted molar refractivity (Wildman–Crippen MR) is 105 cm³/mol. The zero-order valence-corrected chi connectivity index (χ0v) is 17.4. The second-order valence-corrected chi connectivity index (χ2v) is 7.82. The van der Waals surface area contributed by atoms with E-state index in [-0.39, 0.29) is 6.42 Å². The van der Waals surface area contributed by atoms with Gasteiger partial charge in [0.1, 0.15) is 24.4 Å². The van der Waals surface area contributed by atoms with Crippen molar-refractivity contribution in [1.29, 1.82) is 0 Å². The van der Waals surface area contributed by atoms with Crippen molar-refractivity contribution in [3.05, 3.63) is 0 Å². The minimum absolute atomic E-state index is 0.158. The normalized spacial score (nSPS) is 28.3. The number of aliphatic hydroxyl groups excluding tert-OH is 5. The Morgan fingerprint density at radius 1 is 0.966 bits per heavy atom. The molecular weight excluding hydrogens is 382 g/mol. The summed E-state index contributed by atoms with van der Waals surface area (Å²) in [6.07, 6.45) is 2.91. The van der Waals surface area contributed by atoms with E-state index < -0.39 is 49.3 Å². The van der Waals surface area contributed by atoms with Crippen LogP contribution in [0.5, 0.6) is 0 Å². The average molecular weight is 422 g/mol. The van der Waals surface area contributed by atoms with Crippen molar-refractivity contribution in [3.63, 3.8) is 0 Å². The number of aliphatic hydroxyl groups is 5. The SMILES string of the molecule is CCCCCCCCCCCC(O)CC(=O)NO[C@H]1O[C@H](CO)[C@@H](O)[C@H](O)[C@H]1O. The summed E-state index contributed by atoms with van der Waals surface area (Å²) in [5, 5.41) is 48.2. The van der Waals surface area contributed by atoms with Gasteiger partial charge >= 0.3 is 0 Å². The lowest BCUT2D eigenvalue weighted by Gasteiger charge is -2.39. The summed E-state index contributed by atoms with van der Waals surface area (Å²) in [5.41, 5.74) is 2.07. The maximum Gasteiger partial charge on any atom is 0.246 e. The van der Waals surface area contributed by atoms with Gasteiger partial charge in [0.25, 0.3) is 0 Å². The molecule has 0 bridgehead atoms. The van der Waals surface area contributed by atoms with Gasteiger partial charge in [-0.1, -0.05) is 64.7 Å². The zero-order chi connectivity index (χ0) is 21.6. The minimum atomic E-state index is -1.60. The molecular formula is C20H39NO8. The van der Waals surface area contributed by atoms with Crippen molar-refractivity contribution in [2.24, 2.45) is 0 Å². The number of nitrogens with one attached hydrogen (secondary N) is 1. The second kappa shape index (κ2) is 15.1. The molecule has 9 nitrogen and oxygen atoms in total. The van der Waals surface area contributed by atoms with E-state index in [2.05, 4.69) is 12.4 Å². The number of ether oxygens (including phenoxy) is 1. The Balaban J connectivity index is 2.13. The minimum Gasteiger partial charge on any atom is -0.394 e. The monoisotopic (exact) mass is 421 g/mol. The highest BCUT2D eigenvalue weighted by Crippen LogP contribution is 2.21. The molecule has 0 radical (unpaired) electrons. The number of rotatable bonds is 15. The van der Waals surface area contributed by atoms with Gasteiger partial charge < -0.3 is 30.3 Å². The number of hydrogen-bond acceptors (Lipinski definition) is 8. The number of amides is 1. The maximum absolute atomic E-state index is 11.9. The van der Waals surface area contributed by atoms with Crippen LogP contribution >= 0.6 is 0 Å². The van der Waals surface area contributed by atoms with Crippen LogP contribution < -0.4 is 5.48 Å². The molecule has 0 aromatic carbocycles. The molecule has 0 spiro atoms. The fourth-order valence-electron chi connectivity index (χ4n) is 3.34.